The zero-order valence-electron chi connectivity index (χ0n) is 9.47. The number of sulfonamides is 1. The third kappa shape index (κ3) is 1.90. The average molecular weight is 237 g/mol. The van der Waals surface area contributed by atoms with Gasteiger partial charge >= 0.3 is 0 Å². The fraction of sp³-hybridized carbons (Fsp3) is 0.333. The first kappa shape index (κ1) is 11.4. The monoisotopic (exact) mass is 237 g/mol. The molecular weight excluding hydrogens is 222 g/mol. The van der Waals surface area contributed by atoms with E-state index in [0.29, 0.717) is 11.4 Å². The van der Waals surface area contributed by atoms with Crippen LogP contribution in [0.25, 0.3) is 0 Å². The van der Waals surface area contributed by atoms with Crippen LogP contribution in [0.2, 0.25) is 0 Å². The highest BCUT2D eigenvalue weighted by Crippen LogP contribution is 2.31. The van der Waals surface area contributed by atoms with Gasteiger partial charge in [-0.3, -0.25) is 0 Å². The molecule has 0 saturated carbocycles. The fourth-order valence-corrected chi connectivity index (χ4v) is 3.24. The van der Waals surface area contributed by atoms with Crippen molar-refractivity contribution in [2.45, 2.75) is 24.8 Å². The second-order valence-electron chi connectivity index (χ2n) is 4.25. The molecule has 3 nitrogen and oxygen atoms in total. The van der Waals surface area contributed by atoms with E-state index in [4.69, 9.17) is 0 Å². The summed E-state index contributed by atoms with van der Waals surface area (Å²) in [6, 6.07) is 6.92. The highest BCUT2D eigenvalue weighted by atomic mass is 32.2. The smallest absolute Gasteiger partial charge is 0.207 e. The van der Waals surface area contributed by atoms with E-state index in [1.165, 1.54) is 4.31 Å². The Morgan fingerprint density at radius 2 is 1.94 bits per heavy atom. The molecule has 1 heterocycles. The summed E-state index contributed by atoms with van der Waals surface area (Å²) in [4.78, 5) is 0.363. The quantitative estimate of drug-likeness (QED) is 0.595. The van der Waals surface area contributed by atoms with Gasteiger partial charge in [0.05, 0.1) is 10.9 Å². The second kappa shape index (κ2) is 3.71. The maximum Gasteiger partial charge on any atom is 0.243 e. The van der Waals surface area contributed by atoms with E-state index in [1.54, 1.807) is 12.1 Å². The van der Waals surface area contributed by atoms with Crippen molar-refractivity contribution in [3.05, 3.63) is 42.0 Å². The minimum atomic E-state index is -3.30. The summed E-state index contributed by atoms with van der Waals surface area (Å²) < 4.78 is 25.7. The zero-order chi connectivity index (χ0) is 11.9. The Morgan fingerprint density at radius 3 is 2.38 bits per heavy atom. The molecule has 0 amide bonds. The Hall–Kier alpha value is -1.13. The predicted octanol–water partition coefficient (Wildman–Crippen LogP) is 1.94. The molecule has 1 aliphatic heterocycles. The van der Waals surface area contributed by atoms with Crippen LogP contribution in [0.4, 0.5) is 0 Å². The van der Waals surface area contributed by atoms with E-state index in [-0.39, 0.29) is 6.04 Å². The SMILES string of the molecule is C=C(C)[C@@H]1CN1S(=O)(=O)c1ccc(C)cc1. The van der Waals surface area contributed by atoms with Crippen LogP contribution in [0.15, 0.2) is 41.3 Å². The second-order valence-corrected chi connectivity index (χ2v) is 6.14. The molecule has 16 heavy (non-hydrogen) atoms. The van der Waals surface area contributed by atoms with Crippen LogP contribution in [-0.4, -0.2) is 25.3 Å². The number of aryl methyl sites for hydroxylation is 1. The van der Waals surface area contributed by atoms with Crippen molar-refractivity contribution < 1.29 is 8.42 Å². The van der Waals surface area contributed by atoms with Gasteiger partial charge in [-0.1, -0.05) is 29.8 Å². The summed E-state index contributed by atoms with van der Waals surface area (Å²) in [7, 11) is -3.30. The molecule has 1 saturated heterocycles. The lowest BCUT2D eigenvalue weighted by Crippen LogP contribution is -2.14. The molecule has 0 spiro atoms. The van der Waals surface area contributed by atoms with Crippen molar-refractivity contribution in [1.29, 1.82) is 0 Å². The van der Waals surface area contributed by atoms with Crippen molar-refractivity contribution in [2.75, 3.05) is 6.54 Å². The van der Waals surface area contributed by atoms with Gasteiger partial charge in [-0.05, 0) is 26.0 Å². The molecule has 0 bridgehead atoms. The van der Waals surface area contributed by atoms with Crippen molar-refractivity contribution in [1.82, 2.24) is 4.31 Å². The van der Waals surface area contributed by atoms with Crippen LogP contribution in [-0.2, 0) is 10.0 Å². The summed E-state index contributed by atoms with van der Waals surface area (Å²) in [5.74, 6) is 0. The highest BCUT2D eigenvalue weighted by molar-refractivity contribution is 7.89. The van der Waals surface area contributed by atoms with Crippen molar-refractivity contribution in [3.63, 3.8) is 0 Å². The topological polar surface area (TPSA) is 37.1 Å². The summed E-state index contributed by atoms with van der Waals surface area (Å²) in [6.07, 6.45) is 0. The van der Waals surface area contributed by atoms with Crippen molar-refractivity contribution in [3.8, 4) is 0 Å². The average Bonchev–Trinajstić information content (AvgIpc) is 2.98. The first-order chi connectivity index (χ1) is 7.43. The van der Waals surface area contributed by atoms with Crippen LogP contribution >= 0.6 is 0 Å². The first-order valence-electron chi connectivity index (χ1n) is 5.17. The molecule has 1 aromatic carbocycles. The van der Waals surface area contributed by atoms with Crippen LogP contribution in [0, 0.1) is 6.92 Å². The van der Waals surface area contributed by atoms with Gasteiger partial charge in [-0.15, -0.1) is 0 Å². The maximum absolute atomic E-state index is 12.1. The maximum atomic E-state index is 12.1. The van der Waals surface area contributed by atoms with Gasteiger partial charge in [0.15, 0.2) is 0 Å². The number of rotatable bonds is 3. The van der Waals surface area contributed by atoms with E-state index in [9.17, 15) is 8.42 Å². The van der Waals surface area contributed by atoms with Gasteiger partial charge < -0.3 is 0 Å². The molecule has 2 rings (SSSR count). The molecule has 2 atom stereocenters. The number of hydrogen-bond acceptors (Lipinski definition) is 2. The molecule has 1 aromatic rings. The van der Waals surface area contributed by atoms with Crippen LogP contribution in [0.3, 0.4) is 0 Å². The normalized spacial score (nSPS) is 24.1. The van der Waals surface area contributed by atoms with Gasteiger partial charge in [0.2, 0.25) is 10.0 Å². The molecule has 4 heteroatoms. The molecule has 0 aromatic heterocycles. The van der Waals surface area contributed by atoms with Crippen molar-refractivity contribution in [2.24, 2.45) is 0 Å². The van der Waals surface area contributed by atoms with Gasteiger partial charge in [0.1, 0.15) is 0 Å². The molecule has 1 unspecified atom stereocenters. The lowest BCUT2D eigenvalue weighted by Gasteiger charge is -2.06. The van der Waals surface area contributed by atoms with Gasteiger partial charge in [-0.25, -0.2) is 8.42 Å². The highest BCUT2D eigenvalue weighted by Gasteiger charge is 2.44. The molecule has 1 aliphatic rings. The number of benzene rings is 1. The third-order valence-electron chi connectivity index (χ3n) is 2.76. The molecule has 1 fully saturated rings. The third-order valence-corrected chi connectivity index (χ3v) is 4.65. The van der Waals surface area contributed by atoms with Crippen LogP contribution in [0.5, 0.6) is 0 Å². The predicted molar refractivity (Wildman–Crippen MR) is 63.7 cm³/mol. The minimum absolute atomic E-state index is 0.00805. The Morgan fingerprint density at radius 1 is 1.38 bits per heavy atom. The van der Waals surface area contributed by atoms with E-state index >= 15 is 0 Å². The largest absolute Gasteiger partial charge is 0.243 e. The van der Waals surface area contributed by atoms with Gasteiger partial charge in [0, 0.05) is 6.54 Å². The minimum Gasteiger partial charge on any atom is -0.207 e. The van der Waals surface area contributed by atoms with E-state index in [2.05, 4.69) is 6.58 Å². The number of nitrogens with zero attached hydrogens (tertiary/aromatic N) is 1. The van der Waals surface area contributed by atoms with Crippen LogP contribution in [0.1, 0.15) is 12.5 Å². The molecule has 0 N–H and O–H groups in total. The van der Waals surface area contributed by atoms with Crippen molar-refractivity contribution >= 4 is 10.0 Å². The molecule has 0 aliphatic carbocycles. The van der Waals surface area contributed by atoms with E-state index in [0.717, 1.165) is 11.1 Å². The Balaban J connectivity index is 2.28. The summed E-state index contributed by atoms with van der Waals surface area (Å²) >= 11 is 0. The first-order valence-corrected chi connectivity index (χ1v) is 6.61. The Bertz CT molecular complexity index is 516. The van der Waals surface area contributed by atoms with Gasteiger partial charge in [0.25, 0.3) is 0 Å². The molecule has 0 radical (unpaired) electrons. The Labute approximate surface area is 96.4 Å². The lowest BCUT2D eigenvalue weighted by atomic mass is 10.2. The molecule has 86 valence electrons. The van der Waals surface area contributed by atoms with E-state index in [1.807, 2.05) is 26.0 Å². The summed E-state index contributed by atoms with van der Waals surface area (Å²) in [6.45, 7) is 8.14. The van der Waals surface area contributed by atoms with Crippen LogP contribution < -0.4 is 0 Å². The van der Waals surface area contributed by atoms with E-state index < -0.39 is 10.0 Å². The standard InChI is InChI=1S/C12H15NO2S/c1-9(2)12-8-13(12)16(14,15)11-6-4-10(3)5-7-11/h4-7,12H,1,8H2,2-3H3/t12-,13?/m0/s1. The lowest BCUT2D eigenvalue weighted by molar-refractivity contribution is 0.557. The van der Waals surface area contributed by atoms with Gasteiger partial charge in [-0.2, -0.15) is 4.31 Å². The molecular formula is C12H15NO2S. The zero-order valence-corrected chi connectivity index (χ0v) is 10.3. The number of hydrogen-bond donors (Lipinski definition) is 0. The fourth-order valence-electron chi connectivity index (χ4n) is 1.64. The summed E-state index contributed by atoms with van der Waals surface area (Å²) in [5.41, 5.74) is 1.96. The summed E-state index contributed by atoms with van der Waals surface area (Å²) in [5, 5.41) is 0. The Kier molecular flexibility index (Phi) is 2.64.